The Kier molecular flexibility index (Phi) is 8.01. The second-order valence-corrected chi connectivity index (χ2v) is 9.51. The zero-order chi connectivity index (χ0) is 27.4. The molecule has 11 heteroatoms. The predicted octanol–water partition coefficient (Wildman–Crippen LogP) is 4.70. The lowest BCUT2D eigenvalue weighted by Gasteiger charge is -2.22. The molecule has 11 nitrogen and oxygen atoms in total. The number of ether oxygens (including phenoxy) is 2. The largest absolute Gasteiger partial charge is 0.462 e. The molecule has 1 fully saturated rings. The number of aliphatic hydroxyl groups is 1. The minimum absolute atomic E-state index is 0.00553. The van der Waals surface area contributed by atoms with Crippen LogP contribution in [0.3, 0.4) is 0 Å². The number of nitrogens with one attached hydrogen (secondary N) is 1. The van der Waals surface area contributed by atoms with Gasteiger partial charge in [0.2, 0.25) is 0 Å². The van der Waals surface area contributed by atoms with Crippen LogP contribution in [0, 0.1) is 17.0 Å². The molecule has 0 bridgehead atoms. The molecular weight excluding hydrogens is 504 g/mol. The molecule has 0 aliphatic carbocycles. The summed E-state index contributed by atoms with van der Waals surface area (Å²) in [5.74, 6) is 0. The van der Waals surface area contributed by atoms with Gasteiger partial charge in [-0.05, 0) is 68.5 Å². The van der Waals surface area contributed by atoms with Crippen molar-refractivity contribution in [3.63, 3.8) is 0 Å². The number of aromatic nitrogens is 2. The molecule has 0 spiro atoms. The van der Waals surface area contributed by atoms with Gasteiger partial charge in [-0.1, -0.05) is 11.6 Å². The van der Waals surface area contributed by atoms with E-state index in [1.807, 2.05) is 25.1 Å². The molecule has 1 unspecified atom stereocenters. The van der Waals surface area contributed by atoms with Gasteiger partial charge in [-0.15, -0.1) is 0 Å². The monoisotopic (exact) mass is 534 g/mol. The van der Waals surface area contributed by atoms with Crippen LogP contribution in [-0.2, 0) is 16.1 Å². The van der Waals surface area contributed by atoms with E-state index in [-0.39, 0.29) is 29.7 Å². The second-order valence-electron chi connectivity index (χ2n) is 9.51. The average molecular weight is 535 g/mol. The topological polar surface area (TPSA) is 142 Å². The Morgan fingerprint density at radius 1 is 1.23 bits per heavy atom. The number of nitro groups is 1. The molecule has 4 aromatic rings. The van der Waals surface area contributed by atoms with Gasteiger partial charge in [-0.2, -0.15) is 9.78 Å². The van der Waals surface area contributed by atoms with Crippen LogP contribution in [0.5, 0.6) is 0 Å². The van der Waals surface area contributed by atoms with Gasteiger partial charge in [0.25, 0.3) is 11.2 Å². The number of aryl methyl sites for hydroxylation is 1. The fourth-order valence-electron chi connectivity index (χ4n) is 4.70. The quantitative estimate of drug-likeness (QED) is 0.168. The predicted molar refractivity (Wildman–Crippen MR) is 145 cm³/mol. The summed E-state index contributed by atoms with van der Waals surface area (Å²) in [5.41, 5.74) is 2.99. The number of rotatable bonds is 10. The molecule has 1 atom stereocenters. The normalized spacial score (nSPS) is 15.5. The third kappa shape index (κ3) is 5.85. The smallest absolute Gasteiger partial charge is 0.295 e. The van der Waals surface area contributed by atoms with E-state index in [2.05, 4.69) is 10.4 Å². The van der Waals surface area contributed by atoms with Gasteiger partial charge in [-0.25, -0.2) is 0 Å². The molecule has 1 aliphatic heterocycles. The zero-order valence-electron chi connectivity index (χ0n) is 21.6. The molecule has 5 rings (SSSR count). The maximum atomic E-state index is 13.5. The Labute approximate surface area is 224 Å². The molecule has 1 aliphatic rings. The van der Waals surface area contributed by atoms with Crippen molar-refractivity contribution >= 4 is 22.3 Å². The molecule has 2 aromatic heterocycles. The van der Waals surface area contributed by atoms with Crippen molar-refractivity contribution in [3.05, 3.63) is 80.3 Å². The molecule has 2 aromatic carbocycles. The minimum atomic E-state index is -0.546. The summed E-state index contributed by atoms with van der Waals surface area (Å²) in [6.07, 6.45) is 4.62. The molecule has 204 valence electrons. The molecule has 3 heterocycles. The number of nitro benzene ring substituents is 1. The molecule has 1 saturated heterocycles. The van der Waals surface area contributed by atoms with Gasteiger partial charge in [0.05, 0.1) is 23.2 Å². The van der Waals surface area contributed by atoms with E-state index in [0.29, 0.717) is 48.7 Å². The fraction of sp³-hybridized carbons (Fsp3) is 0.357. The highest BCUT2D eigenvalue weighted by molar-refractivity contribution is 5.89. The standard InChI is InChI=1S/C28H30N4O7/c1-18-13-19(17-39-25-5-2-3-11-37-25)15-20(14-18)26-27-22(8-12-38-27)28(34)31(30-26)24-16-21(29-9-4-10-33)6-7-23(24)32(35)36/h6-8,12-16,25,29,33H,2-5,9-11,17H2,1H3. The highest BCUT2D eigenvalue weighted by atomic mass is 16.7. The van der Waals surface area contributed by atoms with E-state index in [1.165, 1.54) is 24.5 Å². The lowest BCUT2D eigenvalue weighted by atomic mass is 10.0. The Morgan fingerprint density at radius 2 is 2.10 bits per heavy atom. The summed E-state index contributed by atoms with van der Waals surface area (Å²) in [5, 5.41) is 28.9. The molecule has 39 heavy (non-hydrogen) atoms. The highest BCUT2D eigenvalue weighted by Gasteiger charge is 2.23. The van der Waals surface area contributed by atoms with Gasteiger partial charge < -0.3 is 24.3 Å². The first kappa shape index (κ1) is 26.5. The van der Waals surface area contributed by atoms with E-state index in [9.17, 15) is 14.9 Å². The van der Waals surface area contributed by atoms with Crippen LogP contribution < -0.4 is 10.9 Å². The van der Waals surface area contributed by atoms with Crippen molar-refractivity contribution < 1.29 is 23.9 Å². The summed E-state index contributed by atoms with van der Waals surface area (Å²) in [6.45, 7) is 3.45. The van der Waals surface area contributed by atoms with E-state index < -0.39 is 10.5 Å². The number of fused-ring (bicyclic) bond motifs is 1. The van der Waals surface area contributed by atoms with E-state index in [4.69, 9.17) is 19.0 Å². The molecule has 0 saturated carbocycles. The maximum Gasteiger partial charge on any atom is 0.295 e. The number of hydrogen-bond acceptors (Lipinski definition) is 9. The number of furan rings is 1. The first-order valence-corrected chi connectivity index (χ1v) is 12.9. The average Bonchev–Trinajstić information content (AvgIpc) is 3.43. The summed E-state index contributed by atoms with van der Waals surface area (Å²) >= 11 is 0. The first-order chi connectivity index (χ1) is 18.9. The zero-order valence-corrected chi connectivity index (χ0v) is 21.6. The van der Waals surface area contributed by atoms with Crippen LogP contribution in [-0.4, -0.2) is 45.9 Å². The lowest BCUT2D eigenvalue weighted by molar-refractivity contribution is -0.384. The maximum absolute atomic E-state index is 13.5. The Hall–Kier alpha value is -4.06. The van der Waals surface area contributed by atoms with Gasteiger partial charge in [0, 0.05) is 37.1 Å². The van der Waals surface area contributed by atoms with E-state index in [0.717, 1.165) is 35.1 Å². The van der Waals surface area contributed by atoms with Crippen LogP contribution in [0.4, 0.5) is 11.4 Å². The third-order valence-corrected chi connectivity index (χ3v) is 6.55. The molecule has 2 N–H and O–H groups in total. The Morgan fingerprint density at radius 3 is 2.87 bits per heavy atom. The van der Waals surface area contributed by atoms with Crippen molar-refractivity contribution in [2.75, 3.05) is 25.1 Å². The fourth-order valence-corrected chi connectivity index (χ4v) is 4.70. The van der Waals surface area contributed by atoms with Gasteiger partial charge >= 0.3 is 0 Å². The van der Waals surface area contributed by atoms with Gasteiger partial charge in [-0.3, -0.25) is 14.9 Å². The highest BCUT2D eigenvalue weighted by Crippen LogP contribution is 2.31. The van der Waals surface area contributed by atoms with Crippen molar-refractivity contribution in [1.82, 2.24) is 9.78 Å². The van der Waals surface area contributed by atoms with Crippen LogP contribution in [0.1, 0.15) is 36.8 Å². The Bertz CT molecular complexity index is 1540. The molecule has 0 radical (unpaired) electrons. The summed E-state index contributed by atoms with van der Waals surface area (Å²) in [6, 6.07) is 11.8. The molecular formula is C28H30N4O7. The number of benzene rings is 2. The minimum Gasteiger partial charge on any atom is -0.462 e. The lowest BCUT2D eigenvalue weighted by Crippen LogP contribution is -2.23. The van der Waals surface area contributed by atoms with Crippen molar-refractivity contribution in [3.8, 4) is 16.9 Å². The summed E-state index contributed by atoms with van der Waals surface area (Å²) < 4.78 is 18.4. The Balaban J connectivity index is 1.58. The van der Waals surface area contributed by atoms with Crippen LogP contribution in [0.15, 0.2) is 57.9 Å². The number of aliphatic hydroxyl groups excluding tert-OH is 1. The third-order valence-electron chi connectivity index (χ3n) is 6.55. The van der Waals surface area contributed by atoms with E-state index >= 15 is 0 Å². The van der Waals surface area contributed by atoms with Crippen LogP contribution >= 0.6 is 0 Å². The molecule has 0 amide bonds. The first-order valence-electron chi connectivity index (χ1n) is 12.9. The SMILES string of the molecule is Cc1cc(COC2CCCCO2)cc(-c2nn(-c3cc(NCCCO)ccc3[N+](=O)[O-])c(=O)c3ccoc23)c1. The second kappa shape index (κ2) is 11.8. The summed E-state index contributed by atoms with van der Waals surface area (Å²) in [7, 11) is 0. The van der Waals surface area contributed by atoms with Gasteiger partial charge in [0.1, 0.15) is 11.4 Å². The van der Waals surface area contributed by atoms with Crippen LogP contribution in [0.25, 0.3) is 27.9 Å². The number of anilines is 1. The van der Waals surface area contributed by atoms with E-state index in [1.54, 1.807) is 6.07 Å². The summed E-state index contributed by atoms with van der Waals surface area (Å²) in [4.78, 5) is 24.8. The van der Waals surface area contributed by atoms with Crippen LogP contribution in [0.2, 0.25) is 0 Å². The van der Waals surface area contributed by atoms with Crippen molar-refractivity contribution in [2.45, 2.75) is 45.5 Å². The number of hydrogen-bond donors (Lipinski definition) is 2. The number of nitrogens with zero attached hydrogens (tertiary/aromatic N) is 3. The van der Waals surface area contributed by atoms with Gasteiger partial charge in [0.15, 0.2) is 11.9 Å². The van der Waals surface area contributed by atoms with Crippen molar-refractivity contribution in [2.24, 2.45) is 0 Å². The van der Waals surface area contributed by atoms with Crippen molar-refractivity contribution in [1.29, 1.82) is 0 Å².